The van der Waals surface area contributed by atoms with Gasteiger partial charge in [0.15, 0.2) is 0 Å². The van der Waals surface area contributed by atoms with Crippen LogP contribution in [0.2, 0.25) is 0 Å². The van der Waals surface area contributed by atoms with Crippen LogP contribution in [0.5, 0.6) is 0 Å². The molecule has 0 radical (unpaired) electrons. The predicted octanol–water partition coefficient (Wildman–Crippen LogP) is 4.58. The Morgan fingerprint density at radius 1 is 1.05 bits per heavy atom. The first-order valence-electron chi connectivity index (χ1n) is 6.82. The summed E-state index contributed by atoms with van der Waals surface area (Å²) in [4.78, 5) is 0. The van der Waals surface area contributed by atoms with E-state index in [0.29, 0.717) is 0 Å². The Balaban J connectivity index is 2.34. The average molecular weight is 247 g/mol. The number of benzene rings is 2. The fourth-order valence-electron chi connectivity index (χ4n) is 2.70. The number of hydrogen-bond acceptors (Lipinski definition) is 0. The summed E-state index contributed by atoms with van der Waals surface area (Å²) in [6.45, 7) is 3.29. The third-order valence-corrected chi connectivity index (χ3v) is 3.67. The van der Waals surface area contributed by atoms with Crippen LogP contribution < -0.4 is 0 Å². The van der Waals surface area contributed by atoms with Crippen molar-refractivity contribution in [2.24, 2.45) is 0 Å². The number of unbranched alkanes of at least 4 members (excludes halogenated alkanes) is 1. The van der Waals surface area contributed by atoms with Gasteiger partial charge in [-0.3, -0.25) is 0 Å². The Morgan fingerprint density at radius 2 is 1.84 bits per heavy atom. The number of aryl methyl sites for hydroxylation is 1. The predicted molar refractivity (Wildman–Crippen MR) is 82.3 cm³/mol. The smallest absolute Gasteiger partial charge is 0.0492 e. The van der Waals surface area contributed by atoms with Crippen molar-refractivity contribution in [2.75, 3.05) is 0 Å². The first-order chi connectivity index (χ1) is 9.35. The van der Waals surface area contributed by atoms with E-state index < -0.39 is 0 Å². The number of nitrogens with zero attached hydrogens (tertiary/aromatic N) is 1. The molecule has 1 heterocycles. The van der Waals surface area contributed by atoms with Gasteiger partial charge >= 0.3 is 0 Å². The molecule has 1 aromatic heterocycles. The van der Waals surface area contributed by atoms with Gasteiger partial charge in [0.05, 0.1) is 0 Å². The van der Waals surface area contributed by atoms with E-state index in [2.05, 4.69) is 53.8 Å². The first kappa shape index (κ1) is 11.9. The van der Waals surface area contributed by atoms with Crippen molar-refractivity contribution in [2.45, 2.75) is 26.3 Å². The third kappa shape index (κ3) is 1.90. The van der Waals surface area contributed by atoms with Crippen LogP contribution in [0, 0.1) is 12.3 Å². The molecular weight excluding hydrogens is 230 g/mol. The van der Waals surface area contributed by atoms with Crippen LogP contribution in [-0.2, 0) is 6.54 Å². The minimum atomic E-state index is 0.950. The van der Waals surface area contributed by atoms with Crippen LogP contribution in [0.4, 0.5) is 0 Å². The van der Waals surface area contributed by atoms with Crippen LogP contribution in [0.15, 0.2) is 42.5 Å². The second-order valence-electron chi connectivity index (χ2n) is 4.90. The van der Waals surface area contributed by atoms with Gasteiger partial charge in [0.1, 0.15) is 0 Å². The summed E-state index contributed by atoms with van der Waals surface area (Å²) in [5.74, 6) is 2.73. The fourth-order valence-corrected chi connectivity index (χ4v) is 2.70. The lowest BCUT2D eigenvalue weighted by atomic mass is 10.1. The standard InChI is InChI=1S/C18H17N/c1-3-5-12-19-17-9-7-6-8-15(17)16-13-14(4-2)10-11-18(16)19/h2,6-11,13H,3,5,12H2,1H3. The molecule has 1 heteroatoms. The van der Waals surface area contributed by atoms with Gasteiger partial charge in [-0.05, 0) is 30.7 Å². The van der Waals surface area contributed by atoms with Crippen molar-refractivity contribution < 1.29 is 0 Å². The molecule has 2 aromatic carbocycles. The van der Waals surface area contributed by atoms with E-state index in [1.807, 2.05) is 6.07 Å². The van der Waals surface area contributed by atoms with E-state index in [9.17, 15) is 0 Å². The molecule has 0 spiro atoms. The van der Waals surface area contributed by atoms with E-state index in [0.717, 1.165) is 12.1 Å². The van der Waals surface area contributed by atoms with E-state index in [1.54, 1.807) is 0 Å². The van der Waals surface area contributed by atoms with Gasteiger partial charge in [0, 0.05) is 33.9 Å². The maximum Gasteiger partial charge on any atom is 0.0492 e. The molecule has 3 rings (SSSR count). The van der Waals surface area contributed by atoms with Crippen molar-refractivity contribution in [3.05, 3.63) is 48.0 Å². The van der Waals surface area contributed by atoms with E-state index in [-0.39, 0.29) is 0 Å². The second-order valence-corrected chi connectivity index (χ2v) is 4.90. The number of aromatic nitrogens is 1. The lowest BCUT2D eigenvalue weighted by Gasteiger charge is -2.06. The maximum atomic E-state index is 5.52. The molecule has 3 aromatic rings. The lowest BCUT2D eigenvalue weighted by Crippen LogP contribution is -1.96. The molecule has 0 aliphatic heterocycles. The Morgan fingerprint density at radius 3 is 2.63 bits per heavy atom. The van der Waals surface area contributed by atoms with Crippen LogP contribution in [0.1, 0.15) is 25.3 Å². The van der Waals surface area contributed by atoms with Crippen molar-refractivity contribution in [3.63, 3.8) is 0 Å². The maximum absolute atomic E-state index is 5.52. The zero-order valence-corrected chi connectivity index (χ0v) is 11.2. The highest BCUT2D eigenvalue weighted by molar-refractivity contribution is 6.08. The van der Waals surface area contributed by atoms with Crippen molar-refractivity contribution in [1.82, 2.24) is 4.57 Å². The van der Waals surface area contributed by atoms with E-state index in [1.165, 1.54) is 34.6 Å². The monoisotopic (exact) mass is 247 g/mol. The molecule has 0 aliphatic rings. The van der Waals surface area contributed by atoms with E-state index in [4.69, 9.17) is 6.42 Å². The average Bonchev–Trinajstić information content (AvgIpc) is 2.78. The van der Waals surface area contributed by atoms with Crippen molar-refractivity contribution >= 4 is 21.8 Å². The molecular formula is C18H17N. The molecule has 19 heavy (non-hydrogen) atoms. The van der Waals surface area contributed by atoms with Gasteiger partial charge in [-0.2, -0.15) is 0 Å². The quantitative estimate of drug-likeness (QED) is 0.597. The van der Waals surface area contributed by atoms with Crippen LogP contribution in [0.25, 0.3) is 21.8 Å². The number of fused-ring (bicyclic) bond motifs is 3. The Bertz CT molecular complexity index is 771. The summed E-state index contributed by atoms with van der Waals surface area (Å²) < 4.78 is 2.41. The molecule has 1 nitrogen and oxygen atoms in total. The zero-order valence-electron chi connectivity index (χ0n) is 11.2. The summed E-state index contributed by atoms with van der Waals surface area (Å²) in [5, 5.41) is 2.56. The number of para-hydroxylation sites is 1. The van der Waals surface area contributed by atoms with Gasteiger partial charge < -0.3 is 4.57 Å². The van der Waals surface area contributed by atoms with Crippen LogP contribution >= 0.6 is 0 Å². The molecule has 0 bridgehead atoms. The molecule has 94 valence electrons. The molecule has 0 aliphatic carbocycles. The van der Waals surface area contributed by atoms with Gasteiger partial charge in [0.25, 0.3) is 0 Å². The van der Waals surface area contributed by atoms with Crippen molar-refractivity contribution in [3.8, 4) is 12.3 Å². The van der Waals surface area contributed by atoms with Gasteiger partial charge in [-0.25, -0.2) is 0 Å². The molecule has 0 saturated carbocycles. The molecule has 0 N–H and O–H groups in total. The second kappa shape index (κ2) is 4.82. The molecule has 0 amide bonds. The topological polar surface area (TPSA) is 4.93 Å². The minimum absolute atomic E-state index is 0.950. The number of rotatable bonds is 3. The summed E-state index contributed by atoms with van der Waals surface area (Å²) in [6.07, 6.45) is 7.92. The normalized spacial score (nSPS) is 10.9. The van der Waals surface area contributed by atoms with Crippen LogP contribution in [-0.4, -0.2) is 4.57 Å². The summed E-state index contributed by atoms with van der Waals surface area (Å²) in [7, 11) is 0. The third-order valence-electron chi connectivity index (χ3n) is 3.67. The molecule has 0 saturated heterocycles. The van der Waals surface area contributed by atoms with Crippen LogP contribution in [0.3, 0.4) is 0 Å². The van der Waals surface area contributed by atoms with Crippen molar-refractivity contribution in [1.29, 1.82) is 0 Å². The molecule has 0 fully saturated rings. The summed E-state index contributed by atoms with van der Waals surface area (Å²) in [5.41, 5.74) is 3.54. The molecule has 0 atom stereocenters. The highest BCUT2D eigenvalue weighted by Crippen LogP contribution is 2.29. The summed E-state index contributed by atoms with van der Waals surface area (Å²) >= 11 is 0. The SMILES string of the molecule is C#Cc1ccc2c(c1)c1ccccc1n2CCCC. The largest absolute Gasteiger partial charge is 0.340 e. The minimum Gasteiger partial charge on any atom is -0.340 e. The highest BCUT2D eigenvalue weighted by atomic mass is 15.0. The number of terminal acetylenes is 1. The summed E-state index contributed by atoms with van der Waals surface area (Å²) in [6, 6.07) is 14.9. The number of hydrogen-bond donors (Lipinski definition) is 0. The van der Waals surface area contributed by atoms with Gasteiger partial charge in [-0.1, -0.05) is 37.5 Å². The zero-order chi connectivity index (χ0) is 13.2. The molecule has 0 unspecified atom stereocenters. The first-order valence-corrected chi connectivity index (χ1v) is 6.82. The Kier molecular flexibility index (Phi) is 3.01. The highest BCUT2D eigenvalue weighted by Gasteiger charge is 2.09. The van der Waals surface area contributed by atoms with Gasteiger partial charge in [0.2, 0.25) is 0 Å². The van der Waals surface area contributed by atoms with Gasteiger partial charge in [-0.15, -0.1) is 6.42 Å². The Labute approximate surface area is 113 Å². The van der Waals surface area contributed by atoms with E-state index >= 15 is 0 Å². The Hall–Kier alpha value is -2.20. The fraction of sp³-hybridized carbons (Fsp3) is 0.222. The lowest BCUT2D eigenvalue weighted by molar-refractivity contribution is 0.665.